The number of pyridine rings is 1. The molecule has 0 bridgehead atoms. The topological polar surface area (TPSA) is 44.3 Å². The molecular formula is C6H7BrNO2+. The molecule has 0 saturated carbocycles. The Morgan fingerprint density at radius 2 is 2.10 bits per heavy atom. The molecule has 3 nitrogen and oxygen atoms in total. The van der Waals surface area contributed by atoms with Crippen LogP contribution < -0.4 is 4.73 Å². The Bertz CT molecular complexity index is 235. The summed E-state index contributed by atoms with van der Waals surface area (Å²) in [5, 5.41) is 18.1. The summed E-state index contributed by atoms with van der Waals surface area (Å²) in [6, 6.07) is 3.12. The van der Waals surface area contributed by atoms with E-state index in [0.717, 1.165) is 4.73 Å². The maximum absolute atomic E-state index is 9.10. The van der Waals surface area contributed by atoms with Crippen molar-refractivity contribution in [1.82, 2.24) is 0 Å². The van der Waals surface area contributed by atoms with Crippen LogP contribution in [0.1, 0.15) is 5.69 Å². The first-order valence-electron chi connectivity index (χ1n) is 2.72. The van der Waals surface area contributed by atoms with Crippen LogP contribution >= 0.6 is 15.9 Å². The zero-order chi connectivity index (χ0) is 7.72. The molecule has 0 amide bonds. The molecule has 54 valence electrons. The SMILES string of the molecule is Cc1ccc(O)c(Br)[n+]1O. The monoisotopic (exact) mass is 204 g/mol. The number of aromatic nitrogens is 1. The molecule has 1 aromatic heterocycles. The highest BCUT2D eigenvalue weighted by Crippen LogP contribution is 2.17. The van der Waals surface area contributed by atoms with E-state index in [1.165, 1.54) is 6.07 Å². The van der Waals surface area contributed by atoms with Crippen LogP contribution in [0.15, 0.2) is 16.7 Å². The average Bonchev–Trinajstić information content (AvgIpc) is 1.93. The molecule has 0 radical (unpaired) electrons. The van der Waals surface area contributed by atoms with Crippen LogP contribution in [0.2, 0.25) is 0 Å². The van der Waals surface area contributed by atoms with Crippen LogP contribution in [0, 0.1) is 6.92 Å². The van der Waals surface area contributed by atoms with Crippen molar-refractivity contribution in [3.63, 3.8) is 0 Å². The number of hydrogen-bond acceptors (Lipinski definition) is 2. The van der Waals surface area contributed by atoms with Crippen molar-refractivity contribution >= 4 is 15.9 Å². The molecule has 0 aliphatic carbocycles. The van der Waals surface area contributed by atoms with E-state index >= 15 is 0 Å². The highest BCUT2D eigenvalue weighted by atomic mass is 79.9. The molecule has 10 heavy (non-hydrogen) atoms. The second-order valence-electron chi connectivity index (χ2n) is 1.96. The van der Waals surface area contributed by atoms with Gasteiger partial charge in [-0.1, -0.05) is 0 Å². The van der Waals surface area contributed by atoms with Gasteiger partial charge in [0, 0.05) is 33.7 Å². The molecular weight excluding hydrogens is 198 g/mol. The lowest BCUT2D eigenvalue weighted by atomic mass is 10.4. The van der Waals surface area contributed by atoms with E-state index in [4.69, 9.17) is 10.3 Å². The number of nitrogens with zero attached hydrogens (tertiary/aromatic N) is 1. The molecule has 1 rings (SSSR count). The molecule has 0 fully saturated rings. The van der Waals surface area contributed by atoms with E-state index in [2.05, 4.69) is 15.9 Å². The molecule has 0 aliphatic heterocycles. The maximum atomic E-state index is 9.10. The van der Waals surface area contributed by atoms with Crippen molar-refractivity contribution in [2.45, 2.75) is 6.92 Å². The zero-order valence-corrected chi connectivity index (χ0v) is 6.96. The van der Waals surface area contributed by atoms with Gasteiger partial charge in [0.1, 0.15) is 0 Å². The molecule has 0 saturated heterocycles. The summed E-state index contributed by atoms with van der Waals surface area (Å²) in [5.41, 5.74) is 0.657. The molecule has 0 spiro atoms. The van der Waals surface area contributed by atoms with Gasteiger partial charge in [-0.05, 0) is 6.07 Å². The number of hydrogen-bond donors (Lipinski definition) is 2. The second-order valence-corrected chi connectivity index (χ2v) is 2.71. The summed E-state index contributed by atoms with van der Waals surface area (Å²) in [6.45, 7) is 1.73. The van der Waals surface area contributed by atoms with Crippen LogP contribution in [0.3, 0.4) is 0 Å². The highest BCUT2D eigenvalue weighted by molar-refractivity contribution is 9.10. The fraction of sp³-hybridized carbons (Fsp3) is 0.167. The minimum absolute atomic E-state index is 0.0214. The first kappa shape index (κ1) is 7.34. The third-order valence-corrected chi connectivity index (χ3v) is 1.96. The normalized spacial score (nSPS) is 9.80. The van der Waals surface area contributed by atoms with Gasteiger partial charge >= 0.3 is 4.60 Å². The van der Waals surface area contributed by atoms with Crippen LogP contribution in [0.5, 0.6) is 5.75 Å². The summed E-state index contributed by atoms with van der Waals surface area (Å²) in [5.74, 6) is 0.0214. The predicted molar refractivity (Wildman–Crippen MR) is 37.9 cm³/mol. The van der Waals surface area contributed by atoms with E-state index in [9.17, 15) is 0 Å². The molecule has 1 aromatic rings. The average molecular weight is 205 g/mol. The molecule has 0 unspecified atom stereocenters. The van der Waals surface area contributed by atoms with Gasteiger partial charge in [0.25, 0.3) is 0 Å². The van der Waals surface area contributed by atoms with Gasteiger partial charge in [0.2, 0.25) is 11.4 Å². The van der Waals surface area contributed by atoms with E-state index in [0.29, 0.717) is 5.69 Å². The van der Waals surface area contributed by atoms with E-state index in [1.807, 2.05) is 0 Å². The predicted octanol–water partition coefficient (Wildman–Crippen LogP) is 0.988. The van der Waals surface area contributed by atoms with E-state index in [1.54, 1.807) is 13.0 Å². The molecule has 0 aromatic carbocycles. The summed E-state index contributed by atoms with van der Waals surface area (Å²) >= 11 is 2.99. The molecule has 0 aliphatic rings. The minimum atomic E-state index is 0.0214. The van der Waals surface area contributed by atoms with Gasteiger partial charge in [-0.15, -0.1) is 0 Å². The maximum Gasteiger partial charge on any atom is 0.340 e. The van der Waals surface area contributed by atoms with Crippen molar-refractivity contribution in [1.29, 1.82) is 0 Å². The second kappa shape index (κ2) is 2.46. The van der Waals surface area contributed by atoms with Gasteiger partial charge < -0.3 is 5.11 Å². The first-order valence-corrected chi connectivity index (χ1v) is 3.51. The van der Waals surface area contributed by atoms with Crippen LogP contribution in [-0.2, 0) is 0 Å². The minimum Gasteiger partial charge on any atom is -0.502 e. The summed E-state index contributed by atoms with van der Waals surface area (Å²) in [6.07, 6.45) is 0. The fourth-order valence-corrected chi connectivity index (χ4v) is 1.01. The van der Waals surface area contributed by atoms with E-state index in [-0.39, 0.29) is 10.4 Å². The van der Waals surface area contributed by atoms with Crippen molar-refractivity contribution in [3.8, 4) is 5.75 Å². The van der Waals surface area contributed by atoms with Crippen molar-refractivity contribution in [2.75, 3.05) is 0 Å². The Morgan fingerprint density at radius 3 is 2.60 bits per heavy atom. The number of aromatic hydroxyl groups is 1. The quantitative estimate of drug-likeness (QED) is 0.376. The van der Waals surface area contributed by atoms with Crippen molar-refractivity contribution in [3.05, 3.63) is 22.4 Å². The van der Waals surface area contributed by atoms with Gasteiger partial charge in [-0.2, -0.15) is 0 Å². The van der Waals surface area contributed by atoms with Gasteiger partial charge in [0.15, 0.2) is 0 Å². The smallest absolute Gasteiger partial charge is 0.340 e. The van der Waals surface area contributed by atoms with Gasteiger partial charge in [-0.25, -0.2) is 0 Å². The Kier molecular flexibility index (Phi) is 1.80. The number of aryl methyl sites for hydroxylation is 1. The van der Waals surface area contributed by atoms with Crippen LogP contribution in [-0.4, -0.2) is 10.3 Å². The Hall–Kier alpha value is -0.770. The summed E-state index contributed by atoms with van der Waals surface area (Å²) in [4.78, 5) is 0. The number of rotatable bonds is 0. The largest absolute Gasteiger partial charge is 0.502 e. The highest BCUT2D eigenvalue weighted by Gasteiger charge is 2.14. The van der Waals surface area contributed by atoms with Gasteiger partial charge in [0.05, 0.1) is 0 Å². The molecule has 1 heterocycles. The fourth-order valence-electron chi connectivity index (χ4n) is 0.602. The van der Waals surface area contributed by atoms with Crippen LogP contribution in [0.25, 0.3) is 0 Å². The zero-order valence-electron chi connectivity index (χ0n) is 5.37. The molecule has 0 atom stereocenters. The lowest BCUT2D eigenvalue weighted by molar-refractivity contribution is -0.917. The lowest BCUT2D eigenvalue weighted by Crippen LogP contribution is -2.34. The molecule has 4 heteroatoms. The third-order valence-electron chi connectivity index (χ3n) is 1.21. The lowest BCUT2D eigenvalue weighted by Gasteiger charge is -1.92. The Balaban J connectivity index is 3.34. The Labute approximate surface area is 66.6 Å². The van der Waals surface area contributed by atoms with Crippen LogP contribution in [0.4, 0.5) is 0 Å². The molecule has 2 N–H and O–H groups in total. The standard InChI is InChI=1S/C6H6BrNO2/c1-4-2-3-5(9)6(7)8(4)10/h2-3H,1H3,(H-,9,10)/p+1. The van der Waals surface area contributed by atoms with Crippen molar-refractivity contribution < 1.29 is 15.0 Å². The summed E-state index contributed by atoms with van der Waals surface area (Å²) in [7, 11) is 0. The summed E-state index contributed by atoms with van der Waals surface area (Å²) < 4.78 is 1.14. The van der Waals surface area contributed by atoms with Crippen molar-refractivity contribution in [2.24, 2.45) is 0 Å². The Morgan fingerprint density at radius 1 is 1.50 bits per heavy atom. The van der Waals surface area contributed by atoms with E-state index < -0.39 is 0 Å². The first-order chi connectivity index (χ1) is 4.63. The third kappa shape index (κ3) is 1.07. The number of halogens is 1. The van der Waals surface area contributed by atoms with Gasteiger partial charge in [-0.3, -0.25) is 5.21 Å².